The molecular weight excluding hydrogens is 214 g/mol. The van der Waals surface area contributed by atoms with Crippen molar-refractivity contribution < 1.29 is 9.53 Å². The van der Waals surface area contributed by atoms with Gasteiger partial charge >= 0.3 is 5.97 Å². The number of esters is 1. The van der Waals surface area contributed by atoms with Gasteiger partial charge in [0.15, 0.2) is 4.77 Å². The molecule has 0 radical (unpaired) electrons. The predicted octanol–water partition coefficient (Wildman–Crippen LogP) is 1.46. The topological polar surface area (TPSA) is 59.9 Å². The molecule has 0 unspecified atom stereocenters. The molecule has 6 heteroatoms. The van der Waals surface area contributed by atoms with Crippen molar-refractivity contribution in [1.82, 2.24) is 14.8 Å². The van der Waals surface area contributed by atoms with E-state index >= 15 is 0 Å². The molecule has 0 saturated carbocycles. The van der Waals surface area contributed by atoms with Gasteiger partial charge in [-0.2, -0.15) is 5.10 Å². The van der Waals surface area contributed by atoms with Gasteiger partial charge in [0.05, 0.1) is 13.0 Å². The number of nitrogens with one attached hydrogen (secondary N) is 1. The number of carbonyl (C=O) groups is 1. The second-order valence-electron chi connectivity index (χ2n) is 3.01. The van der Waals surface area contributed by atoms with Crippen molar-refractivity contribution in [3.63, 3.8) is 0 Å². The van der Waals surface area contributed by atoms with Crippen LogP contribution in [0.5, 0.6) is 0 Å². The highest BCUT2D eigenvalue weighted by Crippen LogP contribution is 2.01. The number of H-pyrrole nitrogens is 1. The average Bonchev–Trinajstić information content (AvgIpc) is 2.57. The van der Waals surface area contributed by atoms with Crippen molar-refractivity contribution in [2.24, 2.45) is 0 Å². The normalized spacial score (nSPS) is 10.3. The van der Waals surface area contributed by atoms with E-state index in [0.717, 1.165) is 12.2 Å². The van der Waals surface area contributed by atoms with Crippen LogP contribution in [-0.4, -0.2) is 27.3 Å². The Labute approximate surface area is 93.4 Å². The van der Waals surface area contributed by atoms with E-state index in [4.69, 9.17) is 17.0 Å². The molecule has 0 aliphatic rings. The molecule has 1 rings (SSSR count). The maximum absolute atomic E-state index is 11.1. The Morgan fingerprint density at radius 3 is 2.93 bits per heavy atom. The molecule has 0 amide bonds. The van der Waals surface area contributed by atoms with E-state index in [-0.39, 0.29) is 5.97 Å². The molecule has 15 heavy (non-hydrogen) atoms. The van der Waals surface area contributed by atoms with Gasteiger partial charge in [-0.1, -0.05) is 6.92 Å². The smallest absolute Gasteiger partial charge is 0.307 e. The number of carbonyl (C=O) groups excluding carboxylic acids is 1. The summed E-state index contributed by atoms with van der Waals surface area (Å²) in [5.41, 5.74) is 0. The number of nitrogens with zero attached hydrogens (tertiary/aromatic N) is 2. The van der Waals surface area contributed by atoms with E-state index in [9.17, 15) is 4.79 Å². The Morgan fingerprint density at radius 2 is 2.33 bits per heavy atom. The monoisotopic (exact) mass is 229 g/mol. The number of rotatable bonds is 5. The summed E-state index contributed by atoms with van der Waals surface area (Å²) < 4.78 is 7.21. The Balaban J connectivity index is 2.60. The predicted molar refractivity (Wildman–Crippen MR) is 58.0 cm³/mol. The first kappa shape index (κ1) is 11.9. The van der Waals surface area contributed by atoms with Crippen molar-refractivity contribution in [3.05, 3.63) is 10.6 Å². The third kappa shape index (κ3) is 3.16. The molecular formula is C9H15N3O2S. The van der Waals surface area contributed by atoms with Crippen molar-refractivity contribution in [2.45, 2.75) is 33.2 Å². The number of aromatic nitrogens is 3. The maximum atomic E-state index is 11.1. The van der Waals surface area contributed by atoms with Gasteiger partial charge in [0.25, 0.3) is 0 Å². The number of aryl methyl sites for hydroxylation is 1. The molecule has 0 aliphatic heterocycles. The molecule has 1 N–H and O–H groups in total. The number of hydrogen-bond donors (Lipinski definition) is 1. The molecule has 1 heterocycles. The van der Waals surface area contributed by atoms with Crippen LogP contribution in [0.4, 0.5) is 0 Å². The minimum Gasteiger partial charge on any atom is -0.466 e. The van der Waals surface area contributed by atoms with Gasteiger partial charge in [0, 0.05) is 13.0 Å². The van der Waals surface area contributed by atoms with Crippen LogP contribution in [0.2, 0.25) is 0 Å². The summed E-state index contributed by atoms with van der Waals surface area (Å²) in [6.45, 7) is 4.72. The highest BCUT2D eigenvalue weighted by atomic mass is 32.1. The molecule has 0 bridgehead atoms. The van der Waals surface area contributed by atoms with Gasteiger partial charge in [-0.15, -0.1) is 0 Å². The van der Waals surface area contributed by atoms with E-state index in [0.29, 0.717) is 24.3 Å². The number of hydrogen-bond acceptors (Lipinski definition) is 4. The summed E-state index contributed by atoms with van der Waals surface area (Å²) in [4.78, 5) is 11.1. The zero-order valence-corrected chi connectivity index (χ0v) is 9.76. The van der Waals surface area contributed by atoms with Crippen LogP contribution < -0.4 is 0 Å². The minimum absolute atomic E-state index is 0.206. The Bertz CT molecular complexity index is 383. The van der Waals surface area contributed by atoms with E-state index in [2.05, 4.69) is 10.2 Å². The fraction of sp³-hybridized carbons (Fsp3) is 0.667. The molecule has 1 aromatic rings. The van der Waals surface area contributed by atoms with Gasteiger partial charge < -0.3 is 9.30 Å². The van der Waals surface area contributed by atoms with E-state index in [1.54, 1.807) is 6.92 Å². The quantitative estimate of drug-likeness (QED) is 0.613. The van der Waals surface area contributed by atoms with Crippen LogP contribution in [-0.2, 0) is 22.5 Å². The highest BCUT2D eigenvalue weighted by molar-refractivity contribution is 7.71. The van der Waals surface area contributed by atoms with Crippen molar-refractivity contribution in [1.29, 1.82) is 0 Å². The van der Waals surface area contributed by atoms with E-state index in [1.165, 1.54) is 0 Å². The van der Waals surface area contributed by atoms with Crippen LogP contribution in [0.25, 0.3) is 0 Å². The molecule has 0 atom stereocenters. The van der Waals surface area contributed by atoms with Crippen LogP contribution in [0.1, 0.15) is 26.1 Å². The summed E-state index contributed by atoms with van der Waals surface area (Å²) >= 11 is 5.05. The average molecular weight is 229 g/mol. The first-order valence-corrected chi connectivity index (χ1v) is 5.39. The Morgan fingerprint density at radius 1 is 1.60 bits per heavy atom. The third-order valence-corrected chi connectivity index (χ3v) is 2.31. The van der Waals surface area contributed by atoms with Crippen molar-refractivity contribution in [3.8, 4) is 0 Å². The Kier molecular flexibility index (Phi) is 4.48. The van der Waals surface area contributed by atoms with Gasteiger partial charge in [0.2, 0.25) is 0 Å². The second kappa shape index (κ2) is 5.65. The van der Waals surface area contributed by atoms with Gasteiger partial charge in [-0.05, 0) is 19.1 Å². The summed E-state index contributed by atoms with van der Waals surface area (Å²) in [5, 5.41) is 6.76. The Hall–Kier alpha value is -1.17. The summed E-state index contributed by atoms with van der Waals surface area (Å²) in [6, 6.07) is 0. The minimum atomic E-state index is -0.206. The van der Waals surface area contributed by atoms with Gasteiger partial charge in [-0.3, -0.25) is 9.89 Å². The number of ether oxygens (including phenoxy) is 1. The molecule has 0 saturated heterocycles. The van der Waals surface area contributed by atoms with Crippen molar-refractivity contribution in [2.75, 3.05) is 6.61 Å². The van der Waals surface area contributed by atoms with Crippen LogP contribution in [0, 0.1) is 4.77 Å². The molecule has 0 aliphatic carbocycles. The SMILES string of the molecule is CCOC(=O)CCn1c(CC)n[nH]c1=S. The number of aromatic amines is 1. The zero-order valence-electron chi connectivity index (χ0n) is 8.95. The first-order valence-electron chi connectivity index (χ1n) is 4.98. The molecule has 84 valence electrons. The van der Waals surface area contributed by atoms with Crippen LogP contribution >= 0.6 is 12.2 Å². The lowest BCUT2D eigenvalue weighted by atomic mass is 10.4. The fourth-order valence-electron chi connectivity index (χ4n) is 1.29. The maximum Gasteiger partial charge on any atom is 0.307 e. The van der Waals surface area contributed by atoms with Crippen molar-refractivity contribution >= 4 is 18.2 Å². The van der Waals surface area contributed by atoms with Gasteiger partial charge in [-0.25, -0.2) is 0 Å². The zero-order chi connectivity index (χ0) is 11.3. The van der Waals surface area contributed by atoms with Crippen LogP contribution in [0.15, 0.2) is 0 Å². The molecule has 0 fully saturated rings. The molecule has 0 aromatic carbocycles. The molecule has 1 aromatic heterocycles. The molecule has 0 spiro atoms. The van der Waals surface area contributed by atoms with E-state index in [1.807, 2.05) is 11.5 Å². The molecule has 5 nitrogen and oxygen atoms in total. The van der Waals surface area contributed by atoms with Gasteiger partial charge in [0.1, 0.15) is 5.82 Å². The lowest BCUT2D eigenvalue weighted by molar-refractivity contribution is -0.143. The first-order chi connectivity index (χ1) is 7.19. The summed E-state index contributed by atoms with van der Waals surface area (Å²) in [7, 11) is 0. The summed E-state index contributed by atoms with van der Waals surface area (Å²) in [6.07, 6.45) is 1.12. The lowest BCUT2D eigenvalue weighted by Gasteiger charge is -2.04. The second-order valence-corrected chi connectivity index (χ2v) is 3.39. The largest absolute Gasteiger partial charge is 0.466 e. The fourth-order valence-corrected chi connectivity index (χ4v) is 1.53. The third-order valence-electron chi connectivity index (χ3n) is 2.00. The van der Waals surface area contributed by atoms with E-state index < -0.39 is 0 Å². The van der Waals surface area contributed by atoms with Crippen LogP contribution in [0.3, 0.4) is 0 Å². The standard InChI is InChI=1S/C9H15N3O2S/c1-3-7-10-11-9(15)12(7)6-5-8(13)14-4-2/h3-6H2,1-2H3,(H,11,15). The lowest BCUT2D eigenvalue weighted by Crippen LogP contribution is -2.11. The highest BCUT2D eigenvalue weighted by Gasteiger charge is 2.07. The summed E-state index contributed by atoms with van der Waals surface area (Å²) in [5.74, 6) is 0.659.